The van der Waals surface area contributed by atoms with Crippen LogP contribution in [0, 0.1) is 5.82 Å². The number of aromatic nitrogens is 3. The molecule has 0 aliphatic heterocycles. The normalized spacial score (nSPS) is 13.0. The molecule has 1 amide bonds. The van der Waals surface area contributed by atoms with E-state index in [1.807, 2.05) is 53.6 Å². The van der Waals surface area contributed by atoms with Crippen LogP contribution in [-0.2, 0) is 21.2 Å². The second kappa shape index (κ2) is 10.9. The summed E-state index contributed by atoms with van der Waals surface area (Å²) in [5.41, 5.74) is 3.06. The van der Waals surface area contributed by atoms with Gasteiger partial charge in [0.2, 0.25) is 5.91 Å². The Morgan fingerprint density at radius 1 is 1.14 bits per heavy atom. The quantitative estimate of drug-likeness (QED) is 0.452. The lowest BCUT2D eigenvalue weighted by atomic mass is 9.88. The highest BCUT2D eigenvalue weighted by Crippen LogP contribution is 2.32. The monoisotopic (exact) mass is 515 g/mol. The Morgan fingerprint density at radius 3 is 2.39 bits per heavy atom. The molecule has 0 spiro atoms. The molecule has 8 nitrogen and oxygen atoms in total. The SMILES string of the molecule is CC(C)c1cc(F)cc(-c2cccnc2)c1CC(=O)NS(=O)(=O)c1cc(C(C)N(C)C)n(C(C)C)n1. The van der Waals surface area contributed by atoms with Crippen LogP contribution in [-0.4, -0.2) is 48.1 Å². The number of hydrogen-bond donors (Lipinski definition) is 1. The zero-order chi connectivity index (χ0) is 26.8. The fourth-order valence-electron chi connectivity index (χ4n) is 4.06. The topological polar surface area (TPSA) is 97.2 Å². The summed E-state index contributed by atoms with van der Waals surface area (Å²) in [5, 5.41) is 4.08. The van der Waals surface area contributed by atoms with Gasteiger partial charge in [0.1, 0.15) is 5.82 Å². The van der Waals surface area contributed by atoms with Crippen molar-refractivity contribution in [3.05, 3.63) is 65.4 Å². The highest BCUT2D eigenvalue weighted by Gasteiger charge is 2.27. The van der Waals surface area contributed by atoms with Gasteiger partial charge in [0.25, 0.3) is 10.0 Å². The Morgan fingerprint density at radius 2 is 1.83 bits per heavy atom. The Labute approximate surface area is 212 Å². The van der Waals surface area contributed by atoms with Crippen molar-refractivity contribution in [1.82, 2.24) is 24.4 Å². The minimum atomic E-state index is -4.23. The van der Waals surface area contributed by atoms with Crippen molar-refractivity contribution in [2.24, 2.45) is 0 Å². The molecule has 1 N–H and O–H groups in total. The van der Waals surface area contributed by atoms with E-state index in [1.165, 1.54) is 18.2 Å². The van der Waals surface area contributed by atoms with Gasteiger partial charge in [-0.25, -0.2) is 9.11 Å². The molecule has 0 fully saturated rings. The Hall–Kier alpha value is -3.11. The van der Waals surface area contributed by atoms with Gasteiger partial charge in [0.05, 0.1) is 12.1 Å². The van der Waals surface area contributed by atoms with Crippen LogP contribution < -0.4 is 4.72 Å². The highest BCUT2D eigenvalue weighted by molar-refractivity contribution is 7.90. The minimum absolute atomic E-state index is 0.0723. The first-order valence-electron chi connectivity index (χ1n) is 11.9. The average Bonchev–Trinajstić information content (AvgIpc) is 3.26. The van der Waals surface area contributed by atoms with Crippen LogP contribution in [0.2, 0.25) is 0 Å². The molecule has 2 heterocycles. The Bertz CT molecular complexity index is 1340. The van der Waals surface area contributed by atoms with Gasteiger partial charge in [-0.15, -0.1) is 0 Å². The molecule has 0 radical (unpaired) electrons. The van der Waals surface area contributed by atoms with Crippen molar-refractivity contribution in [2.75, 3.05) is 14.1 Å². The number of amides is 1. The van der Waals surface area contributed by atoms with E-state index in [-0.39, 0.29) is 29.4 Å². The molecule has 3 aromatic rings. The van der Waals surface area contributed by atoms with Crippen molar-refractivity contribution in [3.63, 3.8) is 0 Å². The Balaban J connectivity index is 1.97. The van der Waals surface area contributed by atoms with E-state index in [4.69, 9.17) is 0 Å². The van der Waals surface area contributed by atoms with Crippen molar-refractivity contribution >= 4 is 15.9 Å². The first kappa shape index (κ1) is 27.5. The number of rotatable bonds is 9. The Kier molecular flexibility index (Phi) is 8.30. The molecule has 1 unspecified atom stereocenters. The highest BCUT2D eigenvalue weighted by atomic mass is 32.2. The van der Waals surface area contributed by atoms with E-state index in [9.17, 15) is 17.6 Å². The summed E-state index contributed by atoms with van der Waals surface area (Å²) in [7, 11) is -0.437. The molecule has 36 heavy (non-hydrogen) atoms. The summed E-state index contributed by atoms with van der Waals surface area (Å²) in [5.74, 6) is -1.25. The van der Waals surface area contributed by atoms with Crippen LogP contribution in [0.3, 0.4) is 0 Å². The number of carbonyl (C=O) groups excluding carboxylic acids is 1. The van der Waals surface area contributed by atoms with Gasteiger partial charge in [-0.3, -0.25) is 14.5 Å². The maximum absolute atomic E-state index is 14.5. The van der Waals surface area contributed by atoms with Crippen molar-refractivity contribution in [1.29, 1.82) is 0 Å². The van der Waals surface area contributed by atoms with Crippen LogP contribution in [0.25, 0.3) is 11.1 Å². The summed E-state index contributed by atoms with van der Waals surface area (Å²) in [4.78, 5) is 19.1. The summed E-state index contributed by atoms with van der Waals surface area (Å²) in [6.45, 7) is 9.57. The molecule has 0 saturated carbocycles. The van der Waals surface area contributed by atoms with Crippen molar-refractivity contribution < 1.29 is 17.6 Å². The predicted octanol–water partition coefficient (Wildman–Crippen LogP) is 4.46. The summed E-state index contributed by atoms with van der Waals surface area (Å²) in [6.07, 6.45) is 2.94. The van der Waals surface area contributed by atoms with E-state index in [2.05, 4.69) is 14.8 Å². The lowest BCUT2D eigenvalue weighted by Gasteiger charge is -2.22. The number of sulfonamides is 1. The first-order chi connectivity index (χ1) is 16.8. The summed E-state index contributed by atoms with van der Waals surface area (Å²) >= 11 is 0. The maximum atomic E-state index is 14.5. The third-order valence-corrected chi connectivity index (χ3v) is 7.39. The molecular formula is C26H34FN5O3S. The van der Waals surface area contributed by atoms with Crippen LogP contribution in [0.1, 0.15) is 69.4 Å². The molecule has 3 rings (SSSR count). The molecule has 0 aliphatic carbocycles. The third kappa shape index (κ3) is 5.99. The van der Waals surface area contributed by atoms with Gasteiger partial charge in [-0.1, -0.05) is 19.9 Å². The number of nitrogens with one attached hydrogen (secondary N) is 1. The second-order valence-corrected chi connectivity index (χ2v) is 11.3. The predicted molar refractivity (Wildman–Crippen MR) is 137 cm³/mol. The molecule has 2 aromatic heterocycles. The molecule has 0 aliphatic rings. The van der Waals surface area contributed by atoms with Gasteiger partial charge in [0, 0.05) is 36.1 Å². The van der Waals surface area contributed by atoms with E-state index >= 15 is 0 Å². The number of hydrogen-bond acceptors (Lipinski definition) is 6. The molecule has 0 saturated heterocycles. The molecule has 1 atom stereocenters. The number of halogens is 1. The lowest BCUT2D eigenvalue weighted by Crippen LogP contribution is -2.32. The number of nitrogens with zero attached hydrogens (tertiary/aromatic N) is 4. The standard InChI is InChI=1S/C26H34FN5O3S/c1-16(2)21-11-20(27)12-22(19-9-8-10-28-15-19)23(21)13-25(33)30-36(34,35)26-14-24(18(5)31(6)7)32(29-26)17(3)4/h8-12,14-18H,13H2,1-7H3,(H,30,33). The van der Waals surface area contributed by atoms with E-state index < -0.39 is 21.7 Å². The number of pyridine rings is 1. The zero-order valence-corrected chi connectivity index (χ0v) is 22.6. The maximum Gasteiger partial charge on any atom is 0.283 e. The fraction of sp³-hybridized carbons (Fsp3) is 0.423. The van der Waals surface area contributed by atoms with Gasteiger partial charge in [0.15, 0.2) is 5.03 Å². The minimum Gasteiger partial charge on any atom is -0.301 e. The smallest absolute Gasteiger partial charge is 0.283 e. The number of benzene rings is 1. The van der Waals surface area contributed by atoms with Crippen molar-refractivity contribution in [2.45, 2.75) is 64.1 Å². The first-order valence-corrected chi connectivity index (χ1v) is 13.3. The molecular weight excluding hydrogens is 481 g/mol. The number of carbonyl (C=O) groups is 1. The lowest BCUT2D eigenvalue weighted by molar-refractivity contribution is -0.118. The summed E-state index contributed by atoms with van der Waals surface area (Å²) in [6, 6.07) is 7.57. The molecule has 10 heteroatoms. The van der Waals surface area contributed by atoms with Crippen LogP contribution >= 0.6 is 0 Å². The molecule has 194 valence electrons. The van der Waals surface area contributed by atoms with E-state index in [0.717, 1.165) is 5.69 Å². The average molecular weight is 516 g/mol. The third-order valence-electron chi connectivity index (χ3n) is 6.14. The van der Waals surface area contributed by atoms with Crippen molar-refractivity contribution in [3.8, 4) is 11.1 Å². The van der Waals surface area contributed by atoms with Crippen LogP contribution in [0.15, 0.2) is 47.8 Å². The molecule has 1 aromatic carbocycles. The van der Waals surface area contributed by atoms with Crippen LogP contribution in [0.5, 0.6) is 0 Å². The van der Waals surface area contributed by atoms with E-state index in [1.54, 1.807) is 29.2 Å². The van der Waals surface area contributed by atoms with E-state index in [0.29, 0.717) is 22.3 Å². The summed E-state index contributed by atoms with van der Waals surface area (Å²) < 4.78 is 44.6. The zero-order valence-electron chi connectivity index (χ0n) is 21.8. The van der Waals surface area contributed by atoms with Gasteiger partial charge in [-0.2, -0.15) is 13.5 Å². The van der Waals surface area contributed by atoms with Crippen LogP contribution in [0.4, 0.5) is 4.39 Å². The molecule has 0 bridgehead atoms. The fourth-order valence-corrected chi connectivity index (χ4v) is 5.00. The second-order valence-electron chi connectivity index (χ2n) is 9.71. The largest absolute Gasteiger partial charge is 0.301 e. The van der Waals surface area contributed by atoms with Gasteiger partial charge < -0.3 is 4.90 Å². The van der Waals surface area contributed by atoms with Gasteiger partial charge >= 0.3 is 0 Å². The van der Waals surface area contributed by atoms with Gasteiger partial charge in [-0.05, 0) is 75.7 Å².